The number of esters is 1. The van der Waals surface area contributed by atoms with Crippen LogP contribution < -0.4 is 10.4 Å². The molecule has 1 fully saturated rings. The van der Waals surface area contributed by atoms with E-state index in [4.69, 9.17) is 13.3 Å². The lowest BCUT2D eigenvalue weighted by atomic mass is 10.2. The third-order valence-electron chi connectivity index (χ3n) is 6.51. The van der Waals surface area contributed by atoms with Gasteiger partial charge in [-0.2, -0.15) is 8.42 Å². The zero-order valence-electron chi connectivity index (χ0n) is 21.0. The van der Waals surface area contributed by atoms with Gasteiger partial charge < -0.3 is 9.16 Å². The van der Waals surface area contributed by atoms with Gasteiger partial charge in [0.15, 0.2) is 6.10 Å². The Kier molecular flexibility index (Phi) is 7.52. The SMILES string of the molecule is Cc1ccc(S(=O)(=O)OC[C@H]2OC(=O)C[C@@H]2O[Si](c2ccccc2)(c2ccccc2)C(C)(C)C)cc1. The molecule has 0 spiro atoms. The summed E-state index contributed by atoms with van der Waals surface area (Å²) < 4.78 is 43.5. The van der Waals surface area contributed by atoms with Crippen molar-refractivity contribution < 1.29 is 26.6 Å². The van der Waals surface area contributed by atoms with Crippen LogP contribution in [0.2, 0.25) is 5.04 Å². The van der Waals surface area contributed by atoms with Crippen molar-refractivity contribution in [2.24, 2.45) is 0 Å². The van der Waals surface area contributed by atoms with E-state index in [0.717, 1.165) is 15.9 Å². The minimum Gasteiger partial charge on any atom is -0.457 e. The first kappa shape index (κ1) is 26.3. The third-order valence-corrected chi connectivity index (χ3v) is 12.9. The van der Waals surface area contributed by atoms with Gasteiger partial charge in [0, 0.05) is 0 Å². The molecule has 0 aliphatic carbocycles. The summed E-state index contributed by atoms with van der Waals surface area (Å²) in [7, 11) is -6.99. The summed E-state index contributed by atoms with van der Waals surface area (Å²) in [6, 6.07) is 26.6. The van der Waals surface area contributed by atoms with Gasteiger partial charge in [-0.3, -0.25) is 8.98 Å². The maximum Gasteiger partial charge on any atom is 0.308 e. The monoisotopic (exact) mass is 524 g/mol. The highest BCUT2D eigenvalue weighted by Crippen LogP contribution is 2.39. The first-order valence-electron chi connectivity index (χ1n) is 12.0. The van der Waals surface area contributed by atoms with E-state index in [1.54, 1.807) is 12.1 Å². The standard InChI is InChI=1S/C28H32O6SSi/c1-21-15-17-22(18-16-21)35(30,31)32-20-26-25(19-27(29)33-26)34-36(28(2,3)4,23-11-7-5-8-12-23)24-13-9-6-10-14-24/h5-18,25-26H,19-20H2,1-4H3/t25-,26+/m0/s1. The molecule has 0 N–H and O–H groups in total. The number of ether oxygens (including phenoxy) is 1. The molecule has 6 nitrogen and oxygen atoms in total. The van der Waals surface area contributed by atoms with E-state index in [9.17, 15) is 13.2 Å². The van der Waals surface area contributed by atoms with Gasteiger partial charge in [-0.1, -0.05) is 99.1 Å². The smallest absolute Gasteiger partial charge is 0.308 e. The molecule has 0 radical (unpaired) electrons. The van der Waals surface area contributed by atoms with Crippen LogP contribution >= 0.6 is 0 Å². The molecule has 0 bridgehead atoms. The average Bonchev–Trinajstić information content (AvgIpc) is 3.20. The van der Waals surface area contributed by atoms with Gasteiger partial charge in [-0.25, -0.2) is 0 Å². The van der Waals surface area contributed by atoms with E-state index in [1.165, 1.54) is 12.1 Å². The van der Waals surface area contributed by atoms with E-state index < -0.39 is 36.6 Å². The molecular formula is C28H32O6SSi. The largest absolute Gasteiger partial charge is 0.457 e. The number of benzene rings is 3. The Hall–Kier alpha value is -2.78. The second-order valence-corrected chi connectivity index (χ2v) is 16.0. The van der Waals surface area contributed by atoms with Crippen LogP contribution in [0.5, 0.6) is 0 Å². The number of cyclic esters (lactones) is 1. The van der Waals surface area contributed by atoms with Gasteiger partial charge in [-0.15, -0.1) is 0 Å². The molecule has 0 aromatic heterocycles. The van der Waals surface area contributed by atoms with Crippen molar-refractivity contribution in [1.29, 1.82) is 0 Å². The lowest BCUT2D eigenvalue weighted by molar-refractivity contribution is -0.142. The Bertz CT molecular complexity index is 1250. The van der Waals surface area contributed by atoms with E-state index in [0.29, 0.717) is 0 Å². The molecule has 1 saturated heterocycles. The molecule has 0 amide bonds. The lowest BCUT2D eigenvalue weighted by Gasteiger charge is -2.45. The fourth-order valence-electron chi connectivity index (χ4n) is 4.70. The van der Waals surface area contributed by atoms with Crippen molar-refractivity contribution in [3.63, 3.8) is 0 Å². The maximum atomic E-state index is 12.8. The molecule has 3 aromatic carbocycles. The van der Waals surface area contributed by atoms with Gasteiger partial charge in [-0.05, 0) is 34.5 Å². The fraction of sp³-hybridized carbons (Fsp3) is 0.321. The van der Waals surface area contributed by atoms with Crippen LogP contribution in [0.3, 0.4) is 0 Å². The Labute approximate surface area is 214 Å². The van der Waals surface area contributed by atoms with Crippen LogP contribution in [-0.2, 0) is 28.3 Å². The Morgan fingerprint density at radius 1 is 0.889 bits per heavy atom. The quantitative estimate of drug-likeness (QED) is 0.252. The predicted octanol–water partition coefficient (Wildman–Crippen LogP) is 3.96. The molecule has 1 aliphatic rings. The van der Waals surface area contributed by atoms with Crippen LogP contribution in [0, 0.1) is 6.92 Å². The molecule has 8 heteroatoms. The normalized spacial score (nSPS) is 18.7. The summed E-state index contributed by atoms with van der Waals surface area (Å²) in [5.74, 6) is -0.431. The summed E-state index contributed by atoms with van der Waals surface area (Å²) in [5.41, 5.74) is 0.942. The molecule has 0 saturated carbocycles. The molecular weight excluding hydrogens is 492 g/mol. The maximum absolute atomic E-state index is 12.8. The van der Waals surface area contributed by atoms with Crippen molar-refractivity contribution in [2.75, 3.05) is 6.61 Å². The topological polar surface area (TPSA) is 78.9 Å². The predicted molar refractivity (Wildman–Crippen MR) is 141 cm³/mol. The van der Waals surface area contributed by atoms with Gasteiger partial charge in [0.05, 0.1) is 17.4 Å². The number of carbonyl (C=O) groups excluding carboxylic acids is 1. The number of hydrogen-bond donors (Lipinski definition) is 0. The second-order valence-electron chi connectivity index (χ2n) is 10.1. The summed E-state index contributed by atoms with van der Waals surface area (Å²) >= 11 is 0. The van der Waals surface area contributed by atoms with E-state index in [1.807, 2.05) is 43.3 Å². The fourth-order valence-corrected chi connectivity index (χ4v) is 10.3. The first-order chi connectivity index (χ1) is 17.0. The highest BCUT2D eigenvalue weighted by atomic mass is 32.2. The van der Waals surface area contributed by atoms with Crippen LogP contribution in [0.4, 0.5) is 0 Å². The van der Waals surface area contributed by atoms with Crippen molar-refractivity contribution in [3.05, 3.63) is 90.5 Å². The van der Waals surface area contributed by atoms with Gasteiger partial charge >= 0.3 is 5.97 Å². The molecule has 3 aromatic rings. The summed E-state index contributed by atoms with van der Waals surface area (Å²) in [6.07, 6.45) is -1.47. The minimum atomic E-state index is -4.02. The van der Waals surface area contributed by atoms with Crippen molar-refractivity contribution in [2.45, 2.75) is 56.3 Å². The Morgan fingerprint density at radius 3 is 1.92 bits per heavy atom. The molecule has 36 heavy (non-hydrogen) atoms. The zero-order chi connectivity index (χ0) is 26.0. The van der Waals surface area contributed by atoms with Crippen LogP contribution in [-0.4, -0.2) is 41.5 Å². The third kappa shape index (κ3) is 5.32. The molecule has 1 heterocycles. The van der Waals surface area contributed by atoms with Crippen molar-refractivity contribution in [3.8, 4) is 0 Å². The average molecular weight is 525 g/mol. The highest BCUT2D eigenvalue weighted by Gasteiger charge is 2.54. The highest BCUT2D eigenvalue weighted by molar-refractivity contribution is 7.86. The number of hydrogen-bond acceptors (Lipinski definition) is 6. The Balaban J connectivity index is 1.67. The number of aryl methyl sites for hydroxylation is 1. The van der Waals surface area contributed by atoms with E-state index >= 15 is 0 Å². The zero-order valence-corrected chi connectivity index (χ0v) is 22.8. The molecule has 0 unspecified atom stereocenters. The minimum absolute atomic E-state index is 0.0309. The van der Waals surface area contributed by atoms with Crippen LogP contribution in [0.25, 0.3) is 0 Å². The van der Waals surface area contributed by atoms with E-state index in [-0.39, 0.29) is 23.0 Å². The van der Waals surface area contributed by atoms with Gasteiger partial charge in [0.25, 0.3) is 18.4 Å². The van der Waals surface area contributed by atoms with Gasteiger partial charge in [0.1, 0.15) is 6.61 Å². The summed E-state index contributed by atoms with van der Waals surface area (Å²) in [4.78, 5) is 12.5. The summed E-state index contributed by atoms with van der Waals surface area (Å²) in [5, 5.41) is 1.82. The Morgan fingerprint density at radius 2 is 1.42 bits per heavy atom. The second kappa shape index (κ2) is 10.3. The molecule has 2 atom stereocenters. The molecule has 190 valence electrons. The molecule has 4 rings (SSSR count). The summed E-state index contributed by atoms with van der Waals surface area (Å²) in [6.45, 7) is 7.99. The number of rotatable bonds is 8. The number of carbonyl (C=O) groups is 1. The van der Waals surface area contributed by atoms with E-state index in [2.05, 4.69) is 45.0 Å². The first-order valence-corrected chi connectivity index (χ1v) is 15.3. The molecule has 1 aliphatic heterocycles. The van der Waals surface area contributed by atoms with Crippen LogP contribution in [0.15, 0.2) is 89.8 Å². The van der Waals surface area contributed by atoms with Crippen LogP contribution in [0.1, 0.15) is 32.8 Å². The van der Waals surface area contributed by atoms with Crippen molar-refractivity contribution >= 4 is 34.8 Å². The van der Waals surface area contributed by atoms with Crippen molar-refractivity contribution in [1.82, 2.24) is 0 Å². The van der Waals surface area contributed by atoms with Gasteiger partial charge in [0.2, 0.25) is 0 Å². The lowest BCUT2D eigenvalue weighted by Crippen LogP contribution is -2.68.